The van der Waals surface area contributed by atoms with Gasteiger partial charge in [0.05, 0.1) is 18.5 Å². The molecular weight excluding hydrogens is 292 g/mol. The summed E-state index contributed by atoms with van der Waals surface area (Å²) < 4.78 is 8.05. The maximum atomic E-state index is 6.10. The molecular formula is C15H19ClN2OS. The first-order valence-corrected chi connectivity index (χ1v) is 8.62. The minimum Gasteiger partial charge on any atom is -0.494 e. The van der Waals surface area contributed by atoms with E-state index in [1.807, 2.05) is 23.9 Å². The normalized spacial score (nSPS) is 17.1. The fourth-order valence-corrected chi connectivity index (χ4v) is 4.06. The zero-order valence-electron chi connectivity index (χ0n) is 11.9. The smallest absolute Gasteiger partial charge is 0.146 e. The lowest BCUT2D eigenvalue weighted by atomic mass is 9.84. The number of halogens is 1. The average molecular weight is 311 g/mol. The van der Waals surface area contributed by atoms with E-state index in [9.17, 15) is 0 Å². The van der Waals surface area contributed by atoms with E-state index in [1.165, 1.54) is 19.3 Å². The van der Waals surface area contributed by atoms with Gasteiger partial charge in [-0.2, -0.15) is 11.8 Å². The second-order valence-corrected chi connectivity index (χ2v) is 6.86. The number of thioether (sulfide) groups is 1. The van der Waals surface area contributed by atoms with Gasteiger partial charge in [-0.05, 0) is 31.2 Å². The van der Waals surface area contributed by atoms with Crippen molar-refractivity contribution in [3.05, 3.63) is 24.0 Å². The zero-order chi connectivity index (χ0) is 14.2. The maximum Gasteiger partial charge on any atom is 0.146 e. The van der Waals surface area contributed by atoms with E-state index in [2.05, 4.69) is 21.9 Å². The highest BCUT2D eigenvalue weighted by Gasteiger charge is 2.37. The Morgan fingerprint density at radius 3 is 2.80 bits per heavy atom. The lowest BCUT2D eigenvalue weighted by molar-refractivity contribution is 0.322. The highest BCUT2D eigenvalue weighted by atomic mass is 35.5. The number of alkyl halides is 1. The number of ether oxygens (including phenoxy) is 1. The molecule has 108 valence electrons. The Bertz CT molecular complexity index is 616. The van der Waals surface area contributed by atoms with Gasteiger partial charge in [0.1, 0.15) is 17.1 Å². The van der Waals surface area contributed by atoms with Crippen molar-refractivity contribution in [3.63, 3.8) is 0 Å². The van der Waals surface area contributed by atoms with Gasteiger partial charge in [-0.1, -0.05) is 12.5 Å². The van der Waals surface area contributed by atoms with E-state index in [0.717, 1.165) is 29.2 Å². The van der Waals surface area contributed by atoms with E-state index in [1.54, 1.807) is 7.11 Å². The first kappa shape index (κ1) is 14.1. The summed E-state index contributed by atoms with van der Waals surface area (Å²) in [4.78, 5) is 4.68. The number of imidazole rings is 1. The van der Waals surface area contributed by atoms with Gasteiger partial charge < -0.3 is 9.30 Å². The topological polar surface area (TPSA) is 27.1 Å². The van der Waals surface area contributed by atoms with Gasteiger partial charge in [0, 0.05) is 11.3 Å². The van der Waals surface area contributed by atoms with E-state index in [4.69, 9.17) is 16.3 Å². The third kappa shape index (κ3) is 2.19. The maximum absolute atomic E-state index is 6.10. The van der Waals surface area contributed by atoms with Crippen LogP contribution in [-0.2, 0) is 12.4 Å². The molecule has 0 atom stereocenters. The van der Waals surface area contributed by atoms with Crippen LogP contribution < -0.4 is 4.74 Å². The summed E-state index contributed by atoms with van der Waals surface area (Å²) in [5.74, 6) is 2.19. The summed E-state index contributed by atoms with van der Waals surface area (Å²) in [6.45, 7) is 0.986. The number of aromatic nitrogens is 2. The summed E-state index contributed by atoms with van der Waals surface area (Å²) in [6.07, 6.45) is 6.09. The van der Waals surface area contributed by atoms with E-state index in [0.29, 0.717) is 10.6 Å². The van der Waals surface area contributed by atoms with Crippen LogP contribution in [0.25, 0.3) is 11.0 Å². The fraction of sp³-hybridized carbons (Fsp3) is 0.533. The molecule has 1 aliphatic rings. The van der Waals surface area contributed by atoms with Gasteiger partial charge in [-0.3, -0.25) is 0 Å². The van der Waals surface area contributed by atoms with E-state index in [-0.39, 0.29) is 0 Å². The van der Waals surface area contributed by atoms with Crippen molar-refractivity contribution in [1.82, 2.24) is 9.55 Å². The molecule has 5 heteroatoms. The molecule has 0 N–H and O–H groups in total. The Kier molecular flexibility index (Phi) is 3.87. The van der Waals surface area contributed by atoms with Crippen LogP contribution >= 0.6 is 23.4 Å². The molecule has 3 nitrogen and oxygen atoms in total. The largest absolute Gasteiger partial charge is 0.494 e. The Hall–Kier alpha value is -0.870. The van der Waals surface area contributed by atoms with Crippen molar-refractivity contribution in [3.8, 4) is 5.75 Å². The lowest BCUT2D eigenvalue weighted by Crippen LogP contribution is -2.38. The molecule has 0 saturated heterocycles. The van der Waals surface area contributed by atoms with Crippen molar-refractivity contribution in [2.75, 3.05) is 13.4 Å². The molecule has 20 heavy (non-hydrogen) atoms. The van der Waals surface area contributed by atoms with Crippen molar-refractivity contribution >= 4 is 34.4 Å². The third-order valence-electron chi connectivity index (χ3n) is 4.30. The third-order valence-corrected chi connectivity index (χ3v) is 5.95. The molecule has 1 aromatic carbocycles. The molecule has 1 aromatic heterocycles. The van der Waals surface area contributed by atoms with Crippen LogP contribution in [0, 0.1) is 0 Å². The summed E-state index contributed by atoms with van der Waals surface area (Å²) in [6, 6.07) is 6.07. The molecule has 1 saturated carbocycles. The van der Waals surface area contributed by atoms with Crippen LogP contribution in [0.4, 0.5) is 0 Å². The molecule has 3 rings (SSSR count). The quantitative estimate of drug-likeness (QED) is 0.779. The first-order chi connectivity index (χ1) is 9.73. The number of hydrogen-bond acceptors (Lipinski definition) is 3. The standard InChI is InChI=1S/C15H19ClN2OS/c1-19-12-6-3-5-11-14(12)17-13(9-16)18(11)10-15(20-2)7-4-8-15/h3,5-6H,4,7-10H2,1-2H3. The van der Waals surface area contributed by atoms with Crippen LogP contribution in [0.1, 0.15) is 25.1 Å². The molecule has 0 amide bonds. The van der Waals surface area contributed by atoms with Crippen molar-refractivity contribution in [2.45, 2.75) is 36.4 Å². The second-order valence-electron chi connectivity index (χ2n) is 5.32. The Labute approximate surface area is 128 Å². The number of nitrogens with zero attached hydrogens (tertiary/aromatic N) is 2. The molecule has 0 radical (unpaired) electrons. The monoisotopic (exact) mass is 310 g/mol. The van der Waals surface area contributed by atoms with Gasteiger partial charge in [0.2, 0.25) is 0 Å². The van der Waals surface area contributed by atoms with Crippen LogP contribution in [0.2, 0.25) is 0 Å². The minimum absolute atomic E-state index is 0.359. The molecule has 0 aliphatic heterocycles. The van der Waals surface area contributed by atoms with E-state index >= 15 is 0 Å². The summed E-state index contributed by atoms with van der Waals surface area (Å²) in [5.41, 5.74) is 2.04. The number of fused-ring (bicyclic) bond motifs is 1. The Morgan fingerprint density at radius 2 is 2.25 bits per heavy atom. The predicted molar refractivity (Wildman–Crippen MR) is 85.9 cm³/mol. The number of para-hydroxylation sites is 1. The molecule has 0 spiro atoms. The SMILES string of the molecule is COc1cccc2c1nc(CCl)n2CC1(SC)CCC1. The van der Waals surface area contributed by atoms with Crippen molar-refractivity contribution in [1.29, 1.82) is 0 Å². The minimum atomic E-state index is 0.359. The molecule has 2 aromatic rings. The lowest BCUT2D eigenvalue weighted by Gasteiger charge is -2.41. The zero-order valence-corrected chi connectivity index (χ0v) is 13.4. The molecule has 1 aliphatic carbocycles. The highest BCUT2D eigenvalue weighted by molar-refractivity contribution is 8.00. The fourth-order valence-electron chi connectivity index (χ4n) is 2.90. The van der Waals surface area contributed by atoms with Crippen LogP contribution in [0.5, 0.6) is 5.75 Å². The molecule has 1 fully saturated rings. The van der Waals surface area contributed by atoms with Crippen molar-refractivity contribution < 1.29 is 4.74 Å². The van der Waals surface area contributed by atoms with Crippen LogP contribution in [0.3, 0.4) is 0 Å². The summed E-state index contributed by atoms with van der Waals surface area (Å²) >= 11 is 8.07. The number of methoxy groups -OCH3 is 1. The Balaban J connectivity index is 2.08. The molecule has 1 heterocycles. The molecule has 0 unspecified atom stereocenters. The van der Waals surface area contributed by atoms with E-state index < -0.39 is 0 Å². The predicted octanol–water partition coefficient (Wildman–Crippen LogP) is 4.07. The molecule has 0 bridgehead atoms. The summed E-state index contributed by atoms with van der Waals surface area (Å²) in [5, 5.41) is 0. The van der Waals surface area contributed by atoms with Crippen LogP contribution in [-0.4, -0.2) is 27.7 Å². The second kappa shape index (κ2) is 5.49. The number of benzene rings is 1. The van der Waals surface area contributed by atoms with Gasteiger partial charge >= 0.3 is 0 Å². The summed E-state index contributed by atoms with van der Waals surface area (Å²) in [7, 11) is 1.68. The first-order valence-electron chi connectivity index (χ1n) is 6.86. The van der Waals surface area contributed by atoms with Gasteiger partial charge in [0.25, 0.3) is 0 Å². The highest BCUT2D eigenvalue weighted by Crippen LogP contribution is 2.45. The van der Waals surface area contributed by atoms with Crippen molar-refractivity contribution in [2.24, 2.45) is 0 Å². The van der Waals surface area contributed by atoms with Gasteiger partial charge in [0.15, 0.2) is 0 Å². The van der Waals surface area contributed by atoms with Gasteiger partial charge in [-0.25, -0.2) is 4.98 Å². The number of hydrogen-bond donors (Lipinski definition) is 0. The number of rotatable bonds is 5. The Morgan fingerprint density at radius 1 is 1.45 bits per heavy atom. The van der Waals surface area contributed by atoms with Crippen LogP contribution in [0.15, 0.2) is 18.2 Å². The average Bonchev–Trinajstić information content (AvgIpc) is 2.80. The van der Waals surface area contributed by atoms with Gasteiger partial charge in [-0.15, -0.1) is 11.6 Å².